The van der Waals surface area contributed by atoms with Crippen molar-refractivity contribution in [3.05, 3.63) is 0 Å². The average molecular weight is 212 g/mol. The van der Waals surface area contributed by atoms with Crippen molar-refractivity contribution < 1.29 is 0 Å². The van der Waals surface area contributed by atoms with Crippen molar-refractivity contribution in [3.63, 3.8) is 0 Å². The molecule has 0 aromatic heterocycles. The van der Waals surface area contributed by atoms with Crippen LogP contribution >= 0.6 is 0 Å². The minimum Gasteiger partial charge on any atom is -0.0654 e. The summed E-state index contributed by atoms with van der Waals surface area (Å²) in [7, 11) is 0. The van der Waals surface area contributed by atoms with E-state index in [2.05, 4.69) is 34.6 Å². The van der Waals surface area contributed by atoms with Crippen LogP contribution in [0.5, 0.6) is 0 Å². The summed E-state index contributed by atoms with van der Waals surface area (Å²) >= 11 is 0. The second-order valence-corrected chi connectivity index (χ2v) is 5.54. The van der Waals surface area contributed by atoms with E-state index in [9.17, 15) is 0 Å². The Morgan fingerprint density at radius 2 is 1.40 bits per heavy atom. The van der Waals surface area contributed by atoms with E-state index in [0.717, 1.165) is 17.8 Å². The SMILES string of the molecule is CCCCCC(C)CCC(C)C(C)CC. The van der Waals surface area contributed by atoms with Gasteiger partial charge in [0.05, 0.1) is 0 Å². The van der Waals surface area contributed by atoms with Crippen molar-refractivity contribution in [1.82, 2.24) is 0 Å². The first-order valence-electron chi connectivity index (χ1n) is 7.11. The van der Waals surface area contributed by atoms with E-state index in [4.69, 9.17) is 0 Å². The Morgan fingerprint density at radius 1 is 0.733 bits per heavy atom. The summed E-state index contributed by atoms with van der Waals surface area (Å²) in [6.07, 6.45) is 9.88. The largest absolute Gasteiger partial charge is 0.0654 e. The molecule has 92 valence electrons. The standard InChI is InChI=1S/C15H32/c1-6-8-9-10-13(3)11-12-15(5)14(4)7-2/h13-15H,6-12H2,1-5H3. The van der Waals surface area contributed by atoms with Crippen molar-refractivity contribution >= 4 is 0 Å². The van der Waals surface area contributed by atoms with Crippen LogP contribution in [0.25, 0.3) is 0 Å². The van der Waals surface area contributed by atoms with Gasteiger partial charge in [0.15, 0.2) is 0 Å². The molecule has 0 amide bonds. The molecule has 15 heavy (non-hydrogen) atoms. The lowest BCUT2D eigenvalue weighted by Crippen LogP contribution is -2.08. The lowest BCUT2D eigenvalue weighted by molar-refractivity contribution is 0.316. The van der Waals surface area contributed by atoms with Crippen LogP contribution in [-0.2, 0) is 0 Å². The summed E-state index contributed by atoms with van der Waals surface area (Å²) in [5.74, 6) is 2.78. The van der Waals surface area contributed by atoms with Crippen LogP contribution in [0.15, 0.2) is 0 Å². The van der Waals surface area contributed by atoms with E-state index >= 15 is 0 Å². The zero-order chi connectivity index (χ0) is 11.7. The Hall–Kier alpha value is 0. The van der Waals surface area contributed by atoms with E-state index in [1.165, 1.54) is 44.9 Å². The molecule has 3 unspecified atom stereocenters. The molecule has 0 nitrogen and oxygen atoms in total. The van der Waals surface area contributed by atoms with E-state index in [1.54, 1.807) is 0 Å². The highest BCUT2D eigenvalue weighted by Gasteiger charge is 2.11. The third kappa shape index (κ3) is 7.88. The van der Waals surface area contributed by atoms with Gasteiger partial charge in [0.2, 0.25) is 0 Å². The Morgan fingerprint density at radius 3 is 1.93 bits per heavy atom. The van der Waals surface area contributed by atoms with Gasteiger partial charge >= 0.3 is 0 Å². The fourth-order valence-electron chi connectivity index (χ4n) is 2.12. The highest BCUT2D eigenvalue weighted by Crippen LogP contribution is 2.24. The van der Waals surface area contributed by atoms with Gasteiger partial charge in [-0.3, -0.25) is 0 Å². The first kappa shape index (κ1) is 15.0. The van der Waals surface area contributed by atoms with E-state index in [0.29, 0.717) is 0 Å². The van der Waals surface area contributed by atoms with Gasteiger partial charge in [0.1, 0.15) is 0 Å². The smallest absolute Gasteiger partial charge is 0.0417 e. The Bertz CT molecular complexity index is 128. The zero-order valence-corrected chi connectivity index (χ0v) is 11.7. The zero-order valence-electron chi connectivity index (χ0n) is 11.7. The lowest BCUT2D eigenvalue weighted by atomic mass is 9.86. The summed E-state index contributed by atoms with van der Waals surface area (Å²) in [6, 6.07) is 0. The molecule has 0 aliphatic heterocycles. The summed E-state index contributed by atoms with van der Waals surface area (Å²) < 4.78 is 0. The van der Waals surface area contributed by atoms with Crippen molar-refractivity contribution in [2.24, 2.45) is 17.8 Å². The lowest BCUT2D eigenvalue weighted by Gasteiger charge is -2.20. The van der Waals surface area contributed by atoms with Gasteiger partial charge in [0, 0.05) is 0 Å². The molecule has 0 aromatic carbocycles. The molecule has 0 rings (SSSR count). The molecule has 0 aliphatic carbocycles. The van der Waals surface area contributed by atoms with E-state index in [-0.39, 0.29) is 0 Å². The molecule has 0 heteroatoms. The maximum atomic E-state index is 2.43. The maximum Gasteiger partial charge on any atom is -0.0417 e. The van der Waals surface area contributed by atoms with Gasteiger partial charge in [-0.05, 0) is 17.8 Å². The van der Waals surface area contributed by atoms with Crippen LogP contribution < -0.4 is 0 Å². The van der Waals surface area contributed by atoms with Crippen molar-refractivity contribution in [1.29, 1.82) is 0 Å². The minimum atomic E-state index is 0.910. The quantitative estimate of drug-likeness (QED) is 0.432. The average Bonchev–Trinajstić information content (AvgIpc) is 2.25. The molecular formula is C15H32. The summed E-state index contributed by atoms with van der Waals surface area (Å²) in [5.41, 5.74) is 0. The Labute approximate surface area is 97.8 Å². The van der Waals surface area contributed by atoms with Gasteiger partial charge in [-0.2, -0.15) is 0 Å². The first-order valence-corrected chi connectivity index (χ1v) is 7.11. The van der Waals surface area contributed by atoms with Crippen LogP contribution in [0.1, 0.15) is 79.6 Å². The molecule has 0 bridgehead atoms. The summed E-state index contributed by atoms with van der Waals surface area (Å²) in [4.78, 5) is 0. The minimum absolute atomic E-state index is 0.910. The number of rotatable bonds is 9. The highest BCUT2D eigenvalue weighted by atomic mass is 14.2. The van der Waals surface area contributed by atoms with Gasteiger partial charge in [-0.25, -0.2) is 0 Å². The fraction of sp³-hybridized carbons (Fsp3) is 1.00. The number of hydrogen-bond acceptors (Lipinski definition) is 0. The number of hydrogen-bond donors (Lipinski definition) is 0. The van der Waals surface area contributed by atoms with Crippen LogP contribution in [0.4, 0.5) is 0 Å². The Kier molecular flexibility index (Phi) is 9.24. The van der Waals surface area contributed by atoms with Crippen LogP contribution in [0, 0.1) is 17.8 Å². The monoisotopic (exact) mass is 212 g/mol. The molecule has 0 saturated carbocycles. The highest BCUT2D eigenvalue weighted by molar-refractivity contribution is 4.63. The first-order chi connectivity index (χ1) is 7.11. The van der Waals surface area contributed by atoms with Crippen LogP contribution in [0.3, 0.4) is 0 Å². The Balaban J connectivity index is 3.48. The maximum absolute atomic E-state index is 2.43. The molecule has 0 N–H and O–H groups in total. The second-order valence-electron chi connectivity index (χ2n) is 5.54. The van der Waals surface area contributed by atoms with Crippen molar-refractivity contribution in [3.8, 4) is 0 Å². The molecule has 0 fully saturated rings. The predicted octanol–water partition coefficient (Wildman–Crippen LogP) is 5.67. The van der Waals surface area contributed by atoms with E-state index < -0.39 is 0 Å². The van der Waals surface area contributed by atoms with Gasteiger partial charge in [-0.15, -0.1) is 0 Å². The summed E-state index contributed by atoms with van der Waals surface area (Å²) in [5, 5.41) is 0. The molecule has 0 saturated heterocycles. The van der Waals surface area contributed by atoms with Gasteiger partial charge in [0.25, 0.3) is 0 Å². The third-order valence-corrected chi connectivity index (χ3v) is 4.03. The molecular weight excluding hydrogens is 180 g/mol. The third-order valence-electron chi connectivity index (χ3n) is 4.03. The molecule has 0 spiro atoms. The molecule has 3 atom stereocenters. The fourth-order valence-corrected chi connectivity index (χ4v) is 2.12. The van der Waals surface area contributed by atoms with Crippen LogP contribution in [-0.4, -0.2) is 0 Å². The molecule has 0 radical (unpaired) electrons. The molecule has 0 aliphatic rings. The number of unbranched alkanes of at least 4 members (excludes halogenated alkanes) is 2. The molecule has 0 heterocycles. The van der Waals surface area contributed by atoms with E-state index in [1.807, 2.05) is 0 Å². The van der Waals surface area contributed by atoms with Crippen molar-refractivity contribution in [2.75, 3.05) is 0 Å². The summed E-state index contributed by atoms with van der Waals surface area (Å²) in [6.45, 7) is 11.8. The predicted molar refractivity (Wildman–Crippen MR) is 71.2 cm³/mol. The normalized spacial score (nSPS) is 17.4. The van der Waals surface area contributed by atoms with Gasteiger partial charge < -0.3 is 0 Å². The topological polar surface area (TPSA) is 0 Å². The van der Waals surface area contributed by atoms with Crippen LogP contribution in [0.2, 0.25) is 0 Å². The second kappa shape index (κ2) is 9.24. The van der Waals surface area contributed by atoms with Crippen molar-refractivity contribution in [2.45, 2.75) is 79.6 Å². The van der Waals surface area contributed by atoms with Gasteiger partial charge in [-0.1, -0.05) is 79.6 Å². The molecule has 0 aromatic rings.